The standard InChI is InChI=1S/C13H20BN2O/c1-9-7-16(8-10(2)17-9)13-6-5-12(14-4)11(3)15-13/h5-6,9-10H,7-8H2,1-4H3. The highest BCUT2D eigenvalue weighted by Crippen LogP contribution is 2.17. The van der Waals surface area contributed by atoms with Crippen molar-refractivity contribution in [2.24, 2.45) is 0 Å². The van der Waals surface area contributed by atoms with E-state index in [-0.39, 0.29) is 12.2 Å². The van der Waals surface area contributed by atoms with Gasteiger partial charge >= 0.3 is 0 Å². The molecule has 2 unspecified atom stereocenters. The van der Waals surface area contributed by atoms with Crippen LogP contribution in [0, 0.1) is 6.92 Å². The number of hydrogen-bond donors (Lipinski definition) is 0. The molecule has 0 saturated carbocycles. The molecule has 17 heavy (non-hydrogen) atoms. The van der Waals surface area contributed by atoms with Crippen molar-refractivity contribution in [1.29, 1.82) is 0 Å². The number of hydrogen-bond acceptors (Lipinski definition) is 3. The fourth-order valence-electron chi connectivity index (χ4n) is 2.40. The summed E-state index contributed by atoms with van der Waals surface area (Å²) >= 11 is 0. The van der Waals surface area contributed by atoms with Gasteiger partial charge in [0.2, 0.25) is 0 Å². The van der Waals surface area contributed by atoms with Gasteiger partial charge in [-0.25, -0.2) is 4.98 Å². The lowest BCUT2D eigenvalue weighted by atomic mass is 9.72. The SMILES string of the molecule is C[B]c1ccc(N2CC(C)OC(C)C2)nc1C. The van der Waals surface area contributed by atoms with E-state index in [1.807, 2.05) is 6.82 Å². The van der Waals surface area contributed by atoms with Gasteiger partial charge in [0, 0.05) is 18.8 Å². The molecule has 1 aromatic heterocycles. The number of rotatable bonds is 2. The molecule has 3 nitrogen and oxygen atoms in total. The molecule has 4 heteroatoms. The third-order valence-electron chi connectivity index (χ3n) is 3.17. The third kappa shape index (κ3) is 2.81. The van der Waals surface area contributed by atoms with Crippen LogP contribution in [0.3, 0.4) is 0 Å². The van der Waals surface area contributed by atoms with Crippen LogP contribution in [-0.4, -0.2) is 37.6 Å². The minimum atomic E-state index is 0.276. The Labute approximate surface area is 104 Å². The van der Waals surface area contributed by atoms with E-state index in [4.69, 9.17) is 4.74 Å². The summed E-state index contributed by atoms with van der Waals surface area (Å²) in [6.45, 7) is 10.2. The van der Waals surface area contributed by atoms with E-state index < -0.39 is 0 Å². The van der Waals surface area contributed by atoms with Crippen molar-refractivity contribution < 1.29 is 4.74 Å². The Kier molecular flexibility index (Phi) is 3.72. The number of pyridine rings is 1. The molecule has 1 fully saturated rings. The van der Waals surface area contributed by atoms with E-state index in [0.717, 1.165) is 24.6 Å². The Balaban J connectivity index is 2.19. The second-order valence-corrected chi connectivity index (χ2v) is 4.80. The lowest BCUT2D eigenvalue weighted by Gasteiger charge is -2.36. The van der Waals surface area contributed by atoms with Gasteiger partial charge in [0.1, 0.15) is 5.82 Å². The Morgan fingerprint density at radius 1 is 1.29 bits per heavy atom. The summed E-state index contributed by atoms with van der Waals surface area (Å²) in [6.07, 6.45) is 0.552. The van der Waals surface area contributed by atoms with Crippen molar-refractivity contribution in [2.45, 2.75) is 39.8 Å². The van der Waals surface area contributed by atoms with Gasteiger partial charge in [0.15, 0.2) is 7.28 Å². The Hall–Kier alpha value is -1.03. The van der Waals surface area contributed by atoms with E-state index >= 15 is 0 Å². The molecule has 0 bridgehead atoms. The summed E-state index contributed by atoms with van der Waals surface area (Å²) in [5.74, 6) is 1.06. The highest BCUT2D eigenvalue weighted by molar-refractivity contribution is 6.52. The van der Waals surface area contributed by atoms with E-state index in [1.165, 1.54) is 5.46 Å². The van der Waals surface area contributed by atoms with Crippen LogP contribution in [0.1, 0.15) is 19.5 Å². The molecular weight excluding hydrogens is 211 g/mol. The van der Waals surface area contributed by atoms with Crippen molar-refractivity contribution in [1.82, 2.24) is 4.98 Å². The second kappa shape index (κ2) is 5.09. The van der Waals surface area contributed by atoms with Gasteiger partial charge in [0.05, 0.1) is 12.2 Å². The molecule has 2 heterocycles. The Morgan fingerprint density at radius 2 is 1.94 bits per heavy atom. The lowest BCUT2D eigenvalue weighted by molar-refractivity contribution is -0.00546. The topological polar surface area (TPSA) is 25.4 Å². The molecule has 1 aliphatic rings. The molecule has 91 valence electrons. The van der Waals surface area contributed by atoms with Crippen LogP contribution in [0.2, 0.25) is 6.82 Å². The molecule has 0 aliphatic carbocycles. The fourth-order valence-corrected chi connectivity index (χ4v) is 2.40. The first-order valence-electron chi connectivity index (χ1n) is 6.27. The summed E-state index contributed by atoms with van der Waals surface area (Å²) in [6, 6.07) is 4.25. The summed E-state index contributed by atoms with van der Waals surface area (Å²) in [4.78, 5) is 6.99. The number of morpholine rings is 1. The first kappa shape index (κ1) is 12.4. The largest absolute Gasteiger partial charge is 0.372 e. The number of ether oxygens (including phenoxy) is 1. The van der Waals surface area contributed by atoms with Crippen molar-refractivity contribution >= 4 is 18.6 Å². The lowest BCUT2D eigenvalue weighted by Crippen LogP contribution is -2.46. The van der Waals surface area contributed by atoms with Gasteiger partial charge in [-0.2, -0.15) is 0 Å². The zero-order chi connectivity index (χ0) is 12.4. The molecule has 0 amide bonds. The van der Waals surface area contributed by atoms with Crippen LogP contribution < -0.4 is 10.4 Å². The summed E-state index contributed by atoms with van der Waals surface area (Å²) in [5, 5.41) is 0. The van der Waals surface area contributed by atoms with Crippen LogP contribution in [0.5, 0.6) is 0 Å². The minimum Gasteiger partial charge on any atom is -0.372 e. The van der Waals surface area contributed by atoms with Crippen molar-refractivity contribution in [3.8, 4) is 0 Å². The molecule has 0 aromatic carbocycles. The number of nitrogens with zero attached hydrogens (tertiary/aromatic N) is 2. The van der Waals surface area contributed by atoms with Crippen molar-refractivity contribution in [3.05, 3.63) is 17.8 Å². The van der Waals surface area contributed by atoms with Crippen LogP contribution in [-0.2, 0) is 4.74 Å². The molecule has 2 rings (SSSR count). The molecular formula is C13H20BN2O. The quantitative estimate of drug-likeness (QED) is 0.719. The number of aromatic nitrogens is 1. The van der Waals surface area contributed by atoms with Gasteiger partial charge in [-0.1, -0.05) is 18.4 Å². The maximum atomic E-state index is 5.74. The van der Waals surface area contributed by atoms with Gasteiger partial charge in [-0.3, -0.25) is 0 Å². The third-order valence-corrected chi connectivity index (χ3v) is 3.17. The van der Waals surface area contributed by atoms with Crippen LogP contribution >= 0.6 is 0 Å². The van der Waals surface area contributed by atoms with E-state index in [2.05, 4.69) is 50.1 Å². The maximum absolute atomic E-state index is 5.74. The number of aryl methyl sites for hydroxylation is 1. The van der Waals surface area contributed by atoms with Gasteiger partial charge in [-0.05, 0) is 26.8 Å². The summed E-state index contributed by atoms with van der Waals surface area (Å²) in [7, 11) is 2.09. The zero-order valence-corrected chi connectivity index (χ0v) is 11.1. The molecule has 2 atom stereocenters. The Bertz CT molecular complexity index is 387. The molecule has 1 saturated heterocycles. The zero-order valence-electron chi connectivity index (χ0n) is 11.1. The van der Waals surface area contributed by atoms with Crippen molar-refractivity contribution in [3.63, 3.8) is 0 Å². The summed E-state index contributed by atoms with van der Waals surface area (Å²) in [5.41, 5.74) is 2.31. The predicted octanol–water partition coefficient (Wildman–Crippen LogP) is 1.38. The van der Waals surface area contributed by atoms with Gasteiger partial charge < -0.3 is 9.64 Å². The predicted molar refractivity (Wildman–Crippen MR) is 72.4 cm³/mol. The second-order valence-electron chi connectivity index (χ2n) is 4.80. The average molecular weight is 231 g/mol. The van der Waals surface area contributed by atoms with Crippen LogP contribution in [0.4, 0.5) is 5.82 Å². The van der Waals surface area contributed by atoms with E-state index in [9.17, 15) is 0 Å². The normalized spacial score (nSPS) is 24.8. The number of anilines is 1. The fraction of sp³-hybridized carbons (Fsp3) is 0.615. The Morgan fingerprint density at radius 3 is 2.47 bits per heavy atom. The minimum absolute atomic E-state index is 0.276. The first-order chi connectivity index (χ1) is 8.10. The van der Waals surface area contributed by atoms with Crippen molar-refractivity contribution in [2.75, 3.05) is 18.0 Å². The molecule has 0 spiro atoms. The summed E-state index contributed by atoms with van der Waals surface area (Å²) < 4.78 is 5.74. The van der Waals surface area contributed by atoms with Crippen LogP contribution in [0.15, 0.2) is 12.1 Å². The molecule has 1 aromatic rings. The maximum Gasteiger partial charge on any atom is 0.150 e. The molecule has 0 N–H and O–H groups in total. The smallest absolute Gasteiger partial charge is 0.150 e. The van der Waals surface area contributed by atoms with Gasteiger partial charge in [0.25, 0.3) is 0 Å². The first-order valence-corrected chi connectivity index (χ1v) is 6.27. The van der Waals surface area contributed by atoms with Crippen LogP contribution in [0.25, 0.3) is 0 Å². The molecule has 1 radical (unpaired) electrons. The highest BCUT2D eigenvalue weighted by atomic mass is 16.5. The average Bonchev–Trinajstić information content (AvgIpc) is 2.27. The highest BCUT2D eigenvalue weighted by Gasteiger charge is 2.23. The monoisotopic (exact) mass is 231 g/mol. The molecule has 1 aliphatic heterocycles. The van der Waals surface area contributed by atoms with Gasteiger partial charge in [-0.15, -0.1) is 0 Å². The van der Waals surface area contributed by atoms with E-state index in [1.54, 1.807) is 0 Å². The van der Waals surface area contributed by atoms with E-state index in [0.29, 0.717) is 0 Å².